The van der Waals surface area contributed by atoms with Crippen LogP contribution in [0.3, 0.4) is 0 Å². The monoisotopic (exact) mass is 297 g/mol. The summed E-state index contributed by atoms with van der Waals surface area (Å²) < 4.78 is 4.93. The van der Waals surface area contributed by atoms with E-state index in [0.717, 1.165) is 5.25 Å². The molecular weight excluding hydrogens is 274 g/mol. The summed E-state index contributed by atoms with van der Waals surface area (Å²) in [7, 11) is 2.03. The van der Waals surface area contributed by atoms with Crippen LogP contribution in [0, 0.1) is 6.92 Å². The fourth-order valence-corrected chi connectivity index (χ4v) is 3.80. The second kappa shape index (κ2) is 7.13. The summed E-state index contributed by atoms with van der Waals surface area (Å²) in [5, 5.41) is 7.29. The standard InChI is InChI=1S/C14H23N3O2S/c1-4-20-12-6-5-11(8-12)17(3)9-14(18)15-13-7-10(2)19-16-13/h7,11-12H,4-6,8-9H2,1-3H3,(H,15,16,18)/t11-,12+/m0/s1. The van der Waals surface area contributed by atoms with Crippen molar-refractivity contribution in [2.24, 2.45) is 0 Å². The molecule has 0 aliphatic heterocycles. The molecule has 112 valence electrons. The van der Waals surface area contributed by atoms with Crippen LogP contribution in [0.2, 0.25) is 0 Å². The normalized spacial score (nSPS) is 22.4. The molecule has 1 heterocycles. The number of nitrogens with zero attached hydrogens (tertiary/aromatic N) is 2. The van der Waals surface area contributed by atoms with Gasteiger partial charge in [-0.05, 0) is 39.0 Å². The van der Waals surface area contributed by atoms with E-state index < -0.39 is 0 Å². The molecule has 5 nitrogen and oxygen atoms in total. The van der Waals surface area contributed by atoms with Crippen molar-refractivity contribution < 1.29 is 9.32 Å². The van der Waals surface area contributed by atoms with Crippen LogP contribution in [-0.4, -0.2) is 46.6 Å². The predicted octanol–water partition coefficient (Wildman–Crippen LogP) is 2.53. The van der Waals surface area contributed by atoms with Crippen LogP contribution in [0.4, 0.5) is 5.82 Å². The number of thioether (sulfide) groups is 1. The quantitative estimate of drug-likeness (QED) is 0.874. The topological polar surface area (TPSA) is 58.4 Å². The van der Waals surface area contributed by atoms with Gasteiger partial charge >= 0.3 is 0 Å². The minimum absolute atomic E-state index is 0.0348. The number of aryl methyl sites for hydroxylation is 1. The third-order valence-corrected chi connectivity index (χ3v) is 4.90. The van der Waals surface area contributed by atoms with Crippen molar-refractivity contribution in [1.82, 2.24) is 10.1 Å². The Labute approximate surface area is 124 Å². The average Bonchev–Trinajstić information content (AvgIpc) is 2.99. The van der Waals surface area contributed by atoms with Crippen LogP contribution in [0.15, 0.2) is 10.6 Å². The Morgan fingerprint density at radius 1 is 1.60 bits per heavy atom. The lowest BCUT2D eigenvalue weighted by atomic mass is 10.2. The van der Waals surface area contributed by atoms with Gasteiger partial charge in [0.2, 0.25) is 5.91 Å². The maximum atomic E-state index is 12.0. The van der Waals surface area contributed by atoms with E-state index in [1.807, 2.05) is 18.8 Å². The summed E-state index contributed by atoms with van der Waals surface area (Å²) >= 11 is 2.03. The first-order valence-electron chi connectivity index (χ1n) is 7.13. The molecule has 0 bridgehead atoms. The molecule has 0 spiro atoms. The number of carbonyl (C=O) groups excluding carboxylic acids is 1. The number of likely N-dealkylation sites (N-methyl/N-ethyl adjacent to an activating group) is 1. The Hall–Kier alpha value is -1.01. The number of anilines is 1. The van der Waals surface area contributed by atoms with Gasteiger partial charge in [0.15, 0.2) is 5.82 Å². The molecular formula is C14H23N3O2S. The van der Waals surface area contributed by atoms with Crippen molar-refractivity contribution in [3.63, 3.8) is 0 Å². The van der Waals surface area contributed by atoms with E-state index >= 15 is 0 Å². The maximum absolute atomic E-state index is 12.0. The highest BCUT2D eigenvalue weighted by Crippen LogP contribution is 2.32. The number of nitrogens with one attached hydrogen (secondary N) is 1. The second-order valence-electron chi connectivity index (χ2n) is 5.33. The highest BCUT2D eigenvalue weighted by molar-refractivity contribution is 7.99. The van der Waals surface area contributed by atoms with Gasteiger partial charge in [0.25, 0.3) is 0 Å². The van der Waals surface area contributed by atoms with Gasteiger partial charge in [-0.1, -0.05) is 12.1 Å². The highest BCUT2D eigenvalue weighted by atomic mass is 32.2. The lowest BCUT2D eigenvalue weighted by molar-refractivity contribution is -0.117. The minimum atomic E-state index is -0.0348. The van der Waals surface area contributed by atoms with Crippen molar-refractivity contribution in [2.75, 3.05) is 24.7 Å². The molecule has 1 aromatic rings. The predicted molar refractivity (Wildman–Crippen MR) is 82.1 cm³/mol. The summed E-state index contributed by atoms with van der Waals surface area (Å²) in [5.41, 5.74) is 0. The molecule has 6 heteroatoms. The van der Waals surface area contributed by atoms with Crippen LogP contribution >= 0.6 is 11.8 Å². The average molecular weight is 297 g/mol. The van der Waals surface area contributed by atoms with E-state index in [4.69, 9.17) is 4.52 Å². The van der Waals surface area contributed by atoms with Gasteiger partial charge in [0, 0.05) is 17.4 Å². The van der Waals surface area contributed by atoms with Gasteiger partial charge < -0.3 is 9.84 Å². The molecule has 0 unspecified atom stereocenters. The number of aromatic nitrogens is 1. The molecule has 20 heavy (non-hydrogen) atoms. The number of carbonyl (C=O) groups is 1. The van der Waals surface area contributed by atoms with E-state index in [2.05, 4.69) is 22.3 Å². The fourth-order valence-electron chi connectivity index (χ4n) is 2.67. The second-order valence-corrected chi connectivity index (χ2v) is 6.91. The van der Waals surface area contributed by atoms with Gasteiger partial charge in [0.05, 0.1) is 6.54 Å². The third kappa shape index (κ3) is 4.24. The number of hydrogen-bond donors (Lipinski definition) is 1. The smallest absolute Gasteiger partial charge is 0.239 e. The van der Waals surface area contributed by atoms with Crippen molar-refractivity contribution >= 4 is 23.5 Å². The lowest BCUT2D eigenvalue weighted by Gasteiger charge is -2.23. The summed E-state index contributed by atoms with van der Waals surface area (Å²) in [4.78, 5) is 14.1. The van der Waals surface area contributed by atoms with E-state index in [1.165, 1.54) is 25.0 Å². The molecule has 1 amide bonds. The Morgan fingerprint density at radius 2 is 2.40 bits per heavy atom. The van der Waals surface area contributed by atoms with Crippen LogP contribution in [0.5, 0.6) is 0 Å². The fraction of sp³-hybridized carbons (Fsp3) is 0.714. The lowest BCUT2D eigenvalue weighted by Crippen LogP contribution is -2.36. The summed E-state index contributed by atoms with van der Waals surface area (Å²) in [5.74, 6) is 2.33. The SMILES string of the molecule is CCS[C@@H]1CC[C@H](N(C)CC(=O)Nc2cc(C)on2)C1. The zero-order valence-electron chi connectivity index (χ0n) is 12.4. The van der Waals surface area contributed by atoms with E-state index in [9.17, 15) is 4.79 Å². The van der Waals surface area contributed by atoms with Gasteiger partial charge in [-0.2, -0.15) is 11.8 Å². The molecule has 1 fully saturated rings. The molecule has 2 atom stereocenters. The highest BCUT2D eigenvalue weighted by Gasteiger charge is 2.28. The molecule has 1 saturated carbocycles. The Bertz CT molecular complexity index is 449. The molecule has 0 radical (unpaired) electrons. The number of amides is 1. The Kier molecular flexibility index (Phi) is 5.48. The molecule has 1 N–H and O–H groups in total. The number of rotatable bonds is 6. The van der Waals surface area contributed by atoms with Crippen LogP contribution in [0.1, 0.15) is 31.9 Å². The summed E-state index contributed by atoms with van der Waals surface area (Å²) in [6, 6.07) is 2.24. The largest absolute Gasteiger partial charge is 0.360 e. The van der Waals surface area contributed by atoms with Crippen molar-refractivity contribution in [2.45, 2.75) is 44.4 Å². The zero-order chi connectivity index (χ0) is 14.5. The van der Waals surface area contributed by atoms with Crippen molar-refractivity contribution in [3.8, 4) is 0 Å². The number of hydrogen-bond acceptors (Lipinski definition) is 5. The van der Waals surface area contributed by atoms with Crippen LogP contribution < -0.4 is 5.32 Å². The van der Waals surface area contributed by atoms with Gasteiger partial charge in [-0.15, -0.1) is 0 Å². The molecule has 0 saturated heterocycles. The minimum Gasteiger partial charge on any atom is -0.360 e. The summed E-state index contributed by atoms with van der Waals surface area (Å²) in [6.45, 7) is 4.41. The van der Waals surface area contributed by atoms with Crippen LogP contribution in [-0.2, 0) is 4.79 Å². The Balaban J connectivity index is 1.76. The molecule has 1 aromatic heterocycles. The van der Waals surface area contributed by atoms with Gasteiger partial charge in [0.1, 0.15) is 5.76 Å². The first kappa shape index (κ1) is 15.4. The Morgan fingerprint density at radius 3 is 3.05 bits per heavy atom. The molecule has 2 rings (SSSR count). The maximum Gasteiger partial charge on any atom is 0.239 e. The van der Waals surface area contributed by atoms with Crippen molar-refractivity contribution in [1.29, 1.82) is 0 Å². The van der Waals surface area contributed by atoms with Crippen LogP contribution in [0.25, 0.3) is 0 Å². The van der Waals surface area contributed by atoms with Crippen molar-refractivity contribution in [3.05, 3.63) is 11.8 Å². The van der Waals surface area contributed by atoms with Gasteiger partial charge in [-0.3, -0.25) is 9.69 Å². The van der Waals surface area contributed by atoms with Gasteiger partial charge in [-0.25, -0.2) is 0 Å². The molecule has 1 aliphatic carbocycles. The zero-order valence-corrected chi connectivity index (χ0v) is 13.2. The first-order chi connectivity index (χ1) is 9.58. The molecule has 0 aromatic carbocycles. The molecule has 1 aliphatic rings. The van der Waals surface area contributed by atoms with E-state index in [1.54, 1.807) is 13.0 Å². The van der Waals surface area contributed by atoms with E-state index in [0.29, 0.717) is 24.2 Å². The first-order valence-corrected chi connectivity index (χ1v) is 8.18. The third-order valence-electron chi connectivity index (χ3n) is 3.67. The summed E-state index contributed by atoms with van der Waals surface area (Å²) in [6.07, 6.45) is 3.63. The van der Waals surface area contributed by atoms with E-state index in [-0.39, 0.29) is 5.91 Å².